The molecule has 0 aliphatic heterocycles. The van der Waals surface area contributed by atoms with E-state index in [1.54, 1.807) is 0 Å². The van der Waals surface area contributed by atoms with Crippen molar-refractivity contribution in [1.29, 1.82) is 0 Å². The molecule has 12 heavy (non-hydrogen) atoms. The van der Waals surface area contributed by atoms with Crippen molar-refractivity contribution < 1.29 is 0 Å². The van der Waals surface area contributed by atoms with Crippen LogP contribution in [0.1, 0.15) is 32.6 Å². The van der Waals surface area contributed by atoms with Crippen molar-refractivity contribution in [2.75, 3.05) is 6.54 Å². The molecule has 0 spiro atoms. The van der Waals surface area contributed by atoms with Gasteiger partial charge in [-0.15, -0.1) is 5.92 Å². The first-order valence-electron chi connectivity index (χ1n) is 5.05. The highest BCUT2D eigenvalue weighted by atomic mass is 14.9. The maximum Gasteiger partial charge on any atom is 0.0578 e. The molecule has 1 nitrogen and oxygen atoms in total. The Morgan fingerprint density at radius 1 is 1.25 bits per heavy atom. The van der Waals surface area contributed by atoms with Crippen molar-refractivity contribution >= 4 is 0 Å². The maximum absolute atomic E-state index is 3.57. The van der Waals surface area contributed by atoms with Gasteiger partial charge < -0.3 is 5.32 Å². The fraction of sp³-hybridized carbons (Fsp3) is 0.818. The number of nitrogens with one attached hydrogen (secondary N) is 1. The summed E-state index contributed by atoms with van der Waals surface area (Å²) in [5.74, 6) is 8.01. The molecule has 0 aromatic heterocycles. The molecule has 0 amide bonds. The monoisotopic (exact) mass is 163 g/mol. The number of hydrogen-bond acceptors (Lipinski definition) is 1. The first-order valence-corrected chi connectivity index (χ1v) is 5.05. The van der Waals surface area contributed by atoms with E-state index in [0.29, 0.717) is 0 Å². The van der Waals surface area contributed by atoms with Crippen LogP contribution in [-0.2, 0) is 0 Å². The van der Waals surface area contributed by atoms with Crippen molar-refractivity contribution in [2.24, 2.45) is 11.8 Å². The van der Waals surface area contributed by atoms with Crippen molar-refractivity contribution in [3.05, 3.63) is 0 Å². The molecule has 66 valence electrons. The van der Waals surface area contributed by atoms with Crippen LogP contribution in [0.3, 0.4) is 0 Å². The number of rotatable bonds is 4. The van der Waals surface area contributed by atoms with Crippen LogP contribution in [0.4, 0.5) is 0 Å². The zero-order valence-corrected chi connectivity index (χ0v) is 7.77. The molecule has 0 radical (unpaired) electrons. The van der Waals surface area contributed by atoms with E-state index >= 15 is 0 Å². The van der Waals surface area contributed by atoms with E-state index in [0.717, 1.165) is 24.4 Å². The normalized spacial score (nSPS) is 22.2. The molecular formula is C11H17N. The molecule has 1 heteroatoms. The van der Waals surface area contributed by atoms with Crippen LogP contribution in [0, 0.1) is 23.7 Å². The van der Waals surface area contributed by atoms with Gasteiger partial charge in [-0.2, -0.15) is 0 Å². The second-order valence-electron chi connectivity index (χ2n) is 4.01. The van der Waals surface area contributed by atoms with E-state index in [-0.39, 0.29) is 0 Å². The zero-order chi connectivity index (χ0) is 8.39. The first-order chi connectivity index (χ1) is 5.92. The Bertz CT molecular complexity index is 191. The summed E-state index contributed by atoms with van der Waals surface area (Å²) in [4.78, 5) is 0. The summed E-state index contributed by atoms with van der Waals surface area (Å²) in [6.45, 7) is 2.80. The van der Waals surface area contributed by atoms with Crippen LogP contribution < -0.4 is 5.32 Å². The highest BCUT2D eigenvalue weighted by Gasteiger charge is 2.40. The topological polar surface area (TPSA) is 12.0 Å². The Labute approximate surface area is 74.9 Å². The largest absolute Gasteiger partial charge is 0.303 e. The summed E-state index contributed by atoms with van der Waals surface area (Å²) in [5.41, 5.74) is 0. The quantitative estimate of drug-likeness (QED) is 0.623. The van der Waals surface area contributed by atoms with Crippen LogP contribution in [0.15, 0.2) is 0 Å². The van der Waals surface area contributed by atoms with E-state index in [9.17, 15) is 0 Å². The van der Waals surface area contributed by atoms with Gasteiger partial charge in [0, 0.05) is 6.04 Å². The van der Waals surface area contributed by atoms with E-state index in [4.69, 9.17) is 0 Å². The lowest BCUT2D eigenvalue weighted by Gasteiger charge is -2.15. The third-order valence-electron chi connectivity index (χ3n) is 2.86. The lowest BCUT2D eigenvalue weighted by atomic mass is 10.1. The summed E-state index contributed by atoms with van der Waals surface area (Å²) in [7, 11) is 0. The first kappa shape index (κ1) is 8.13. The molecule has 0 unspecified atom stereocenters. The molecule has 0 aromatic rings. The van der Waals surface area contributed by atoms with Crippen LogP contribution in [0.2, 0.25) is 0 Å². The van der Waals surface area contributed by atoms with Crippen LogP contribution in [0.5, 0.6) is 0 Å². The fourth-order valence-corrected chi connectivity index (χ4v) is 1.89. The molecule has 0 bridgehead atoms. The molecule has 0 aromatic carbocycles. The molecule has 2 aliphatic carbocycles. The van der Waals surface area contributed by atoms with Crippen LogP contribution in [0.25, 0.3) is 0 Å². The van der Waals surface area contributed by atoms with Gasteiger partial charge >= 0.3 is 0 Å². The van der Waals surface area contributed by atoms with Gasteiger partial charge in [-0.05, 0) is 44.4 Å². The minimum Gasteiger partial charge on any atom is -0.303 e. The molecular weight excluding hydrogens is 146 g/mol. The molecule has 0 atom stereocenters. The second-order valence-corrected chi connectivity index (χ2v) is 4.01. The maximum atomic E-state index is 3.57. The predicted octanol–water partition coefficient (Wildman–Crippen LogP) is 1.79. The van der Waals surface area contributed by atoms with Crippen molar-refractivity contribution in [2.45, 2.75) is 38.6 Å². The van der Waals surface area contributed by atoms with Gasteiger partial charge in [0.05, 0.1) is 6.54 Å². The van der Waals surface area contributed by atoms with E-state index in [1.807, 2.05) is 6.92 Å². The minimum atomic E-state index is 0.811. The molecule has 0 heterocycles. The highest BCUT2D eigenvalue weighted by Crippen LogP contribution is 2.44. The molecule has 0 saturated heterocycles. The Morgan fingerprint density at radius 3 is 2.25 bits per heavy atom. The molecule has 2 rings (SSSR count). The Morgan fingerprint density at radius 2 is 1.83 bits per heavy atom. The van der Waals surface area contributed by atoms with Crippen molar-refractivity contribution in [3.8, 4) is 11.8 Å². The summed E-state index contributed by atoms with van der Waals surface area (Å²) >= 11 is 0. The van der Waals surface area contributed by atoms with Gasteiger partial charge in [0.25, 0.3) is 0 Å². The van der Waals surface area contributed by atoms with E-state index < -0.39 is 0 Å². The summed E-state index contributed by atoms with van der Waals surface area (Å²) < 4.78 is 0. The molecule has 1 N–H and O–H groups in total. The lowest BCUT2D eigenvalue weighted by molar-refractivity contribution is 0.438. The van der Waals surface area contributed by atoms with Gasteiger partial charge in [0.2, 0.25) is 0 Å². The molecule has 2 fully saturated rings. The second kappa shape index (κ2) is 3.49. The van der Waals surface area contributed by atoms with E-state index in [2.05, 4.69) is 17.2 Å². The van der Waals surface area contributed by atoms with E-state index in [1.165, 1.54) is 25.7 Å². The standard InChI is InChI=1S/C11H17N/c1-2-3-8-12-11(9-4-5-9)10-6-7-10/h9-12H,4-8H2,1H3. The van der Waals surface area contributed by atoms with Crippen LogP contribution in [-0.4, -0.2) is 12.6 Å². The van der Waals surface area contributed by atoms with Gasteiger partial charge in [-0.3, -0.25) is 0 Å². The zero-order valence-electron chi connectivity index (χ0n) is 7.77. The van der Waals surface area contributed by atoms with Gasteiger partial charge in [-0.25, -0.2) is 0 Å². The summed E-state index contributed by atoms with van der Waals surface area (Å²) in [6, 6.07) is 0.811. The third kappa shape index (κ3) is 2.01. The third-order valence-corrected chi connectivity index (χ3v) is 2.86. The Hall–Kier alpha value is -0.480. The molecule has 2 aliphatic rings. The smallest absolute Gasteiger partial charge is 0.0578 e. The summed E-state index contributed by atoms with van der Waals surface area (Å²) in [6.07, 6.45) is 5.81. The Balaban J connectivity index is 1.75. The SMILES string of the molecule is CC#CCNC(C1CC1)C1CC1. The highest BCUT2D eigenvalue weighted by molar-refractivity contribution is 5.02. The lowest BCUT2D eigenvalue weighted by Crippen LogP contribution is -2.33. The Kier molecular flexibility index (Phi) is 2.37. The predicted molar refractivity (Wildman–Crippen MR) is 50.7 cm³/mol. The fourth-order valence-electron chi connectivity index (χ4n) is 1.89. The van der Waals surface area contributed by atoms with Crippen LogP contribution >= 0.6 is 0 Å². The minimum absolute atomic E-state index is 0.811. The summed E-state index contributed by atoms with van der Waals surface area (Å²) in [5, 5.41) is 3.57. The number of hydrogen-bond donors (Lipinski definition) is 1. The van der Waals surface area contributed by atoms with Crippen molar-refractivity contribution in [1.82, 2.24) is 5.32 Å². The average Bonchev–Trinajstić information content (AvgIpc) is 2.87. The van der Waals surface area contributed by atoms with Crippen molar-refractivity contribution in [3.63, 3.8) is 0 Å². The molecule has 2 saturated carbocycles. The van der Waals surface area contributed by atoms with Gasteiger partial charge in [-0.1, -0.05) is 5.92 Å². The van der Waals surface area contributed by atoms with Gasteiger partial charge in [0.1, 0.15) is 0 Å². The van der Waals surface area contributed by atoms with Gasteiger partial charge in [0.15, 0.2) is 0 Å². The average molecular weight is 163 g/mol.